The molecule has 5 atom stereocenters. The Labute approximate surface area is 304 Å². The predicted molar refractivity (Wildman–Crippen MR) is 188 cm³/mol. The van der Waals surface area contributed by atoms with Crippen molar-refractivity contribution < 1.29 is 36.7 Å². The second-order valence-electron chi connectivity index (χ2n) is 14.4. The fourth-order valence-corrected chi connectivity index (χ4v) is 8.72. The van der Waals surface area contributed by atoms with Crippen LogP contribution in [0.2, 0.25) is 0 Å². The van der Waals surface area contributed by atoms with Crippen LogP contribution in [0.15, 0.2) is 41.2 Å². The highest BCUT2D eigenvalue weighted by molar-refractivity contribution is 7.91. The highest BCUT2D eigenvalue weighted by Gasteiger charge is 2.63. The summed E-state index contributed by atoms with van der Waals surface area (Å²) < 4.78 is 47.6. The van der Waals surface area contributed by atoms with Crippen molar-refractivity contribution in [2.75, 3.05) is 6.54 Å². The normalized spacial score (nSPS) is 28.0. The SMILES string of the molecule is Cc1nc2ccc(F)cc2nc1O[C@@H]1C[C@H]2C(=O)N[C@]3(C(=O)NS(=O)(=O)C4(C)CC4)CC3/C=C\CCCCC[C@H](NC(=O)c3cscn3)C(=O)N2C1. The molecular weight excluding hydrogens is 714 g/mol. The van der Waals surface area contributed by atoms with Gasteiger partial charge in [-0.25, -0.2) is 27.8 Å². The van der Waals surface area contributed by atoms with E-state index in [0.717, 1.165) is 12.8 Å². The summed E-state index contributed by atoms with van der Waals surface area (Å²) in [6.07, 6.45) is 7.15. The maximum absolute atomic E-state index is 14.4. The van der Waals surface area contributed by atoms with E-state index in [-0.39, 0.29) is 36.5 Å². The van der Waals surface area contributed by atoms with E-state index in [2.05, 4.69) is 30.3 Å². The Bertz CT molecular complexity index is 2060. The number of benzene rings is 1. The molecule has 14 nitrogen and oxygen atoms in total. The number of nitrogens with one attached hydrogen (secondary N) is 3. The molecule has 276 valence electrons. The van der Waals surface area contributed by atoms with Crippen molar-refractivity contribution in [2.24, 2.45) is 5.92 Å². The highest BCUT2D eigenvalue weighted by atomic mass is 32.2. The van der Waals surface area contributed by atoms with Gasteiger partial charge in [-0.3, -0.25) is 23.9 Å². The number of halogens is 1. The maximum atomic E-state index is 14.4. The third-order valence-corrected chi connectivity index (χ3v) is 13.2. The minimum Gasteiger partial charge on any atom is -0.471 e. The number of allylic oxidation sites excluding steroid dienone is 1. The van der Waals surface area contributed by atoms with Gasteiger partial charge in [0.25, 0.3) is 11.8 Å². The van der Waals surface area contributed by atoms with Crippen molar-refractivity contribution >= 4 is 56.0 Å². The van der Waals surface area contributed by atoms with Crippen molar-refractivity contribution in [3.63, 3.8) is 0 Å². The first kappa shape index (κ1) is 35.9. The summed E-state index contributed by atoms with van der Waals surface area (Å²) in [4.78, 5) is 70.0. The van der Waals surface area contributed by atoms with Crippen molar-refractivity contribution in [3.8, 4) is 5.88 Å². The molecule has 52 heavy (non-hydrogen) atoms. The number of ether oxygens (including phenoxy) is 1. The molecule has 4 heterocycles. The van der Waals surface area contributed by atoms with Gasteiger partial charge in [-0.2, -0.15) is 0 Å². The minimum atomic E-state index is -4.00. The number of amides is 4. The molecule has 1 saturated heterocycles. The molecule has 7 rings (SSSR count). The van der Waals surface area contributed by atoms with E-state index in [9.17, 15) is 32.0 Å². The number of thiazole rings is 1. The lowest BCUT2D eigenvalue weighted by atomic mass is 10.0. The van der Waals surface area contributed by atoms with Crippen molar-refractivity contribution in [1.82, 2.24) is 35.2 Å². The average molecular weight is 754 g/mol. The van der Waals surface area contributed by atoms with E-state index in [4.69, 9.17) is 4.74 Å². The fourth-order valence-electron chi connectivity index (χ4n) is 6.87. The monoisotopic (exact) mass is 753 g/mol. The number of hydrogen-bond donors (Lipinski definition) is 3. The molecule has 3 aromatic rings. The fraction of sp³-hybridized carbons (Fsp3) is 0.514. The predicted octanol–water partition coefficient (Wildman–Crippen LogP) is 3.07. The number of sulfonamides is 1. The third kappa shape index (κ3) is 7.12. The van der Waals surface area contributed by atoms with Gasteiger partial charge in [0, 0.05) is 23.8 Å². The largest absolute Gasteiger partial charge is 0.471 e. The quantitative estimate of drug-likeness (QED) is 0.303. The summed E-state index contributed by atoms with van der Waals surface area (Å²) in [5, 5.41) is 7.24. The topological polar surface area (TPSA) is 190 Å². The Morgan fingerprint density at radius 1 is 1.13 bits per heavy atom. The molecule has 2 aromatic heterocycles. The van der Waals surface area contributed by atoms with Crippen LogP contribution in [0.25, 0.3) is 11.0 Å². The first-order chi connectivity index (χ1) is 24.8. The zero-order valence-corrected chi connectivity index (χ0v) is 30.4. The second-order valence-corrected chi connectivity index (χ2v) is 17.3. The lowest BCUT2D eigenvalue weighted by Crippen LogP contribution is -2.58. The van der Waals surface area contributed by atoms with Crippen LogP contribution < -0.4 is 20.1 Å². The van der Waals surface area contributed by atoms with E-state index in [1.54, 1.807) is 19.2 Å². The van der Waals surface area contributed by atoms with Gasteiger partial charge < -0.3 is 20.3 Å². The van der Waals surface area contributed by atoms with Crippen LogP contribution in [-0.4, -0.2) is 86.9 Å². The summed E-state index contributed by atoms with van der Waals surface area (Å²) in [6.45, 7) is 3.18. The smallest absolute Gasteiger partial charge is 0.271 e. The van der Waals surface area contributed by atoms with Crippen LogP contribution in [-0.2, 0) is 24.4 Å². The Hall–Kier alpha value is -4.51. The van der Waals surface area contributed by atoms with Crippen LogP contribution in [0, 0.1) is 18.7 Å². The van der Waals surface area contributed by atoms with E-state index in [1.807, 2.05) is 12.2 Å². The molecule has 3 fully saturated rings. The summed E-state index contributed by atoms with van der Waals surface area (Å²) >= 11 is 1.24. The van der Waals surface area contributed by atoms with E-state index in [0.29, 0.717) is 43.3 Å². The molecule has 0 spiro atoms. The van der Waals surface area contributed by atoms with Crippen LogP contribution in [0.4, 0.5) is 4.39 Å². The molecule has 17 heteroatoms. The molecule has 2 aliphatic carbocycles. The standard InChI is InChI=1S/C35H40FN7O7S2/c1-20-31(40-26-14-22(36)10-11-24(26)38-20)50-23-15-28-30(45)41-35(33(47)42-52(48,49)34(2)12-13-34)16-21(35)8-6-4-3-5-7-9-25(32(46)43(28)17-23)39-29(44)27-18-51-19-37-27/h6,8,10-11,14,18-19,21,23,25,28H,3-5,7,9,12-13,15-17H2,1-2H3,(H,39,44)(H,41,45)(H,42,47)/b8-6-/t21?,23-,25+,28+,35-/m1/s1. The molecule has 1 unspecified atom stereocenters. The molecule has 4 aliphatic rings. The van der Waals surface area contributed by atoms with Crippen molar-refractivity contribution in [2.45, 2.75) is 100 Å². The van der Waals surface area contributed by atoms with Gasteiger partial charge in [-0.1, -0.05) is 25.0 Å². The molecular formula is C35H40FN7O7S2. The van der Waals surface area contributed by atoms with Gasteiger partial charge in [0.2, 0.25) is 27.7 Å². The van der Waals surface area contributed by atoms with E-state index >= 15 is 0 Å². The maximum Gasteiger partial charge on any atom is 0.271 e. The summed E-state index contributed by atoms with van der Waals surface area (Å²) in [6, 6.07) is 1.87. The van der Waals surface area contributed by atoms with E-state index in [1.165, 1.54) is 39.9 Å². The zero-order chi connectivity index (χ0) is 36.8. The molecule has 0 bridgehead atoms. The number of aromatic nitrogens is 3. The first-order valence-electron chi connectivity index (χ1n) is 17.4. The number of rotatable bonds is 7. The number of carbonyl (C=O) groups is 4. The lowest BCUT2D eigenvalue weighted by Gasteiger charge is -2.30. The van der Waals surface area contributed by atoms with Gasteiger partial charge in [-0.15, -0.1) is 11.3 Å². The van der Waals surface area contributed by atoms with Crippen LogP contribution in [0.5, 0.6) is 5.88 Å². The molecule has 0 radical (unpaired) electrons. The number of nitrogens with zero attached hydrogens (tertiary/aromatic N) is 4. The Morgan fingerprint density at radius 2 is 1.94 bits per heavy atom. The van der Waals surface area contributed by atoms with Crippen LogP contribution >= 0.6 is 11.3 Å². The van der Waals surface area contributed by atoms with Gasteiger partial charge in [0.15, 0.2) is 0 Å². The minimum absolute atomic E-state index is 0.0127. The van der Waals surface area contributed by atoms with Crippen LogP contribution in [0.1, 0.15) is 80.9 Å². The zero-order valence-electron chi connectivity index (χ0n) is 28.8. The Morgan fingerprint density at radius 3 is 2.69 bits per heavy atom. The molecule has 3 N–H and O–H groups in total. The third-order valence-electron chi connectivity index (χ3n) is 10.5. The first-order valence-corrected chi connectivity index (χ1v) is 19.9. The number of aryl methyl sites for hydroxylation is 1. The number of fused-ring (bicyclic) bond motifs is 3. The number of carbonyl (C=O) groups excluding carboxylic acids is 4. The van der Waals surface area contributed by atoms with Gasteiger partial charge in [-0.05, 0) is 64.5 Å². The van der Waals surface area contributed by atoms with Crippen LogP contribution in [0.3, 0.4) is 0 Å². The Balaban J connectivity index is 1.19. The highest BCUT2D eigenvalue weighted by Crippen LogP contribution is 2.47. The summed E-state index contributed by atoms with van der Waals surface area (Å²) in [7, 11) is -4.00. The number of hydrogen-bond acceptors (Lipinski definition) is 11. The van der Waals surface area contributed by atoms with Crippen molar-refractivity contribution in [1.29, 1.82) is 0 Å². The molecule has 1 aromatic carbocycles. The van der Waals surface area contributed by atoms with E-state index < -0.39 is 73.9 Å². The molecule has 4 amide bonds. The second kappa shape index (κ2) is 13.8. The van der Waals surface area contributed by atoms with Gasteiger partial charge in [0.1, 0.15) is 40.9 Å². The lowest BCUT2D eigenvalue weighted by molar-refractivity contribution is -0.141. The van der Waals surface area contributed by atoms with Gasteiger partial charge in [0.05, 0.1) is 27.8 Å². The van der Waals surface area contributed by atoms with Crippen molar-refractivity contribution in [3.05, 3.63) is 58.4 Å². The molecule has 2 aliphatic heterocycles. The average Bonchev–Trinajstić information content (AvgIpc) is 3.84. The molecule has 2 saturated carbocycles. The van der Waals surface area contributed by atoms with Gasteiger partial charge >= 0.3 is 0 Å². The summed E-state index contributed by atoms with van der Waals surface area (Å²) in [5.74, 6) is -3.37. The summed E-state index contributed by atoms with van der Waals surface area (Å²) in [5.41, 5.74) is 1.29. The Kier molecular flexibility index (Phi) is 9.52.